The fourth-order valence-electron chi connectivity index (χ4n) is 4.13. The third-order valence-corrected chi connectivity index (χ3v) is 5.66. The summed E-state index contributed by atoms with van der Waals surface area (Å²) in [5.74, 6) is 0.972. The predicted octanol–water partition coefficient (Wildman–Crippen LogP) is 3.63. The van der Waals surface area contributed by atoms with E-state index in [2.05, 4.69) is 5.32 Å². The molecule has 1 saturated heterocycles. The molecule has 1 aliphatic heterocycles. The molecule has 1 aliphatic rings. The minimum atomic E-state index is -0.357. The Morgan fingerprint density at radius 1 is 1.13 bits per heavy atom. The van der Waals surface area contributed by atoms with Gasteiger partial charge >= 0.3 is 0 Å². The second-order valence-corrected chi connectivity index (χ2v) is 7.68. The maximum Gasteiger partial charge on any atom is 0.255 e. The number of halogens is 1. The lowest BCUT2D eigenvalue weighted by molar-refractivity contribution is 0.0971. The molecule has 2 heterocycles. The van der Waals surface area contributed by atoms with E-state index in [1.54, 1.807) is 24.9 Å². The summed E-state index contributed by atoms with van der Waals surface area (Å²) in [5, 5.41) is 4.16. The van der Waals surface area contributed by atoms with Crippen LogP contribution in [-0.2, 0) is 24.4 Å². The zero-order valence-electron chi connectivity index (χ0n) is 17.8. The van der Waals surface area contributed by atoms with Crippen LogP contribution in [0.3, 0.4) is 0 Å². The van der Waals surface area contributed by atoms with Gasteiger partial charge in [-0.05, 0) is 48.6 Å². The Hall–Kier alpha value is -2.90. The highest BCUT2D eigenvalue weighted by Crippen LogP contribution is 2.30. The Bertz CT molecular complexity index is 1120. The summed E-state index contributed by atoms with van der Waals surface area (Å²) < 4.78 is 32.1. The fourth-order valence-corrected chi connectivity index (χ4v) is 4.13. The van der Waals surface area contributed by atoms with E-state index in [9.17, 15) is 9.18 Å². The van der Waals surface area contributed by atoms with Gasteiger partial charge in [-0.1, -0.05) is 12.1 Å². The summed E-state index contributed by atoms with van der Waals surface area (Å²) >= 11 is 0. The van der Waals surface area contributed by atoms with Crippen LogP contribution in [0.15, 0.2) is 47.3 Å². The van der Waals surface area contributed by atoms with Crippen molar-refractivity contribution in [2.75, 3.05) is 20.8 Å². The van der Waals surface area contributed by atoms with Gasteiger partial charge < -0.3 is 24.1 Å². The van der Waals surface area contributed by atoms with E-state index in [4.69, 9.17) is 14.2 Å². The smallest absolute Gasteiger partial charge is 0.255 e. The molecule has 7 heteroatoms. The van der Waals surface area contributed by atoms with Crippen molar-refractivity contribution in [1.29, 1.82) is 0 Å². The van der Waals surface area contributed by atoms with Crippen molar-refractivity contribution in [2.45, 2.75) is 38.6 Å². The molecule has 31 heavy (non-hydrogen) atoms. The Morgan fingerprint density at radius 2 is 1.97 bits per heavy atom. The average molecular weight is 426 g/mol. The van der Waals surface area contributed by atoms with Crippen LogP contribution in [0.25, 0.3) is 10.9 Å². The number of rotatable bonds is 8. The molecule has 164 valence electrons. The van der Waals surface area contributed by atoms with Gasteiger partial charge in [0, 0.05) is 30.8 Å². The second-order valence-electron chi connectivity index (χ2n) is 7.68. The van der Waals surface area contributed by atoms with Crippen molar-refractivity contribution >= 4 is 10.9 Å². The molecule has 6 nitrogen and oxygen atoms in total. The zero-order valence-corrected chi connectivity index (χ0v) is 17.8. The third kappa shape index (κ3) is 4.57. The summed E-state index contributed by atoms with van der Waals surface area (Å²) in [6.45, 7) is 2.01. The highest BCUT2D eigenvalue weighted by atomic mass is 19.1. The van der Waals surface area contributed by atoms with Gasteiger partial charge in [0.1, 0.15) is 5.82 Å². The topological polar surface area (TPSA) is 61.7 Å². The molecule has 2 aromatic carbocycles. The minimum Gasteiger partial charge on any atom is -0.493 e. The SMILES string of the molecule is COc1cccc(CNCc2cc3ccc(F)cc3n(CC3CCCO3)c2=O)c1OC. The lowest BCUT2D eigenvalue weighted by Gasteiger charge is -2.17. The van der Waals surface area contributed by atoms with Gasteiger partial charge in [0.2, 0.25) is 0 Å². The number of fused-ring (bicyclic) bond motifs is 1. The first kappa shape index (κ1) is 21.3. The van der Waals surface area contributed by atoms with E-state index in [1.807, 2.05) is 24.3 Å². The number of nitrogens with one attached hydrogen (secondary N) is 1. The third-order valence-electron chi connectivity index (χ3n) is 5.66. The van der Waals surface area contributed by atoms with Gasteiger partial charge in [-0.3, -0.25) is 4.79 Å². The van der Waals surface area contributed by atoms with Crippen LogP contribution < -0.4 is 20.3 Å². The number of hydrogen-bond donors (Lipinski definition) is 1. The summed E-state index contributed by atoms with van der Waals surface area (Å²) in [6.07, 6.45) is 1.87. The van der Waals surface area contributed by atoms with Crippen molar-refractivity contribution in [2.24, 2.45) is 0 Å². The molecule has 1 N–H and O–H groups in total. The number of aromatic nitrogens is 1. The summed E-state index contributed by atoms with van der Waals surface area (Å²) in [6, 6.07) is 12.1. The number of benzene rings is 2. The summed E-state index contributed by atoms with van der Waals surface area (Å²) in [4.78, 5) is 13.2. The predicted molar refractivity (Wildman–Crippen MR) is 117 cm³/mol. The number of methoxy groups -OCH3 is 2. The van der Waals surface area contributed by atoms with Crippen LogP contribution in [0.5, 0.6) is 11.5 Å². The molecule has 0 radical (unpaired) electrons. The van der Waals surface area contributed by atoms with Crippen molar-refractivity contribution < 1.29 is 18.6 Å². The monoisotopic (exact) mass is 426 g/mol. The van der Waals surface area contributed by atoms with Crippen molar-refractivity contribution in [3.05, 3.63) is 69.8 Å². The molecule has 4 rings (SSSR count). The van der Waals surface area contributed by atoms with E-state index >= 15 is 0 Å². The molecule has 0 spiro atoms. The first-order valence-corrected chi connectivity index (χ1v) is 10.4. The van der Waals surface area contributed by atoms with Crippen LogP contribution in [0.4, 0.5) is 4.39 Å². The first-order valence-electron chi connectivity index (χ1n) is 10.4. The molecule has 1 atom stereocenters. The van der Waals surface area contributed by atoms with E-state index in [1.165, 1.54) is 12.1 Å². The van der Waals surface area contributed by atoms with Crippen LogP contribution in [-0.4, -0.2) is 31.5 Å². The van der Waals surface area contributed by atoms with Crippen LogP contribution in [0, 0.1) is 5.82 Å². The molecule has 1 fully saturated rings. The molecular weight excluding hydrogens is 399 g/mol. The normalized spacial score (nSPS) is 16.0. The first-order chi connectivity index (χ1) is 15.1. The van der Waals surface area contributed by atoms with E-state index < -0.39 is 0 Å². The molecule has 0 saturated carbocycles. The van der Waals surface area contributed by atoms with Gasteiger partial charge in [-0.15, -0.1) is 0 Å². The molecular formula is C24H27FN2O4. The van der Waals surface area contributed by atoms with E-state index in [0.717, 1.165) is 23.8 Å². The Morgan fingerprint density at radius 3 is 2.71 bits per heavy atom. The second kappa shape index (κ2) is 9.49. The molecule has 1 aromatic heterocycles. The molecule has 3 aromatic rings. The molecule has 1 unspecified atom stereocenters. The van der Waals surface area contributed by atoms with E-state index in [-0.39, 0.29) is 17.5 Å². The van der Waals surface area contributed by atoms with Crippen molar-refractivity contribution in [1.82, 2.24) is 9.88 Å². The number of hydrogen-bond acceptors (Lipinski definition) is 5. The number of ether oxygens (including phenoxy) is 3. The lowest BCUT2D eigenvalue weighted by atomic mass is 10.1. The average Bonchev–Trinajstić information content (AvgIpc) is 3.29. The van der Waals surface area contributed by atoms with Gasteiger partial charge in [0.15, 0.2) is 11.5 Å². The highest BCUT2D eigenvalue weighted by Gasteiger charge is 2.19. The Balaban J connectivity index is 1.60. The van der Waals surface area contributed by atoms with Crippen molar-refractivity contribution in [3.8, 4) is 11.5 Å². The van der Waals surface area contributed by atoms with Crippen LogP contribution >= 0.6 is 0 Å². The highest BCUT2D eigenvalue weighted by molar-refractivity contribution is 5.79. The van der Waals surface area contributed by atoms with Gasteiger partial charge in [-0.2, -0.15) is 0 Å². The largest absolute Gasteiger partial charge is 0.493 e. The quantitative estimate of drug-likeness (QED) is 0.596. The molecule has 0 amide bonds. The zero-order chi connectivity index (χ0) is 21.8. The number of pyridine rings is 1. The van der Waals surface area contributed by atoms with Gasteiger partial charge in [0.05, 0.1) is 32.4 Å². The minimum absolute atomic E-state index is 0.0200. The molecule has 0 aliphatic carbocycles. The standard InChI is InChI=1S/C24H27FN2O4/c1-29-22-7-3-5-17(23(22)30-2)13-26-14-18-11-16-8-9-19(25)12-21(16)27(24(18)28)15-20-6-4-10-31-20/h3,5,7-9,11-12,20,26H,4,6,10,13-15H2,1-2H3. The lowest BCUT2D eigenvalue weighted by Crippen LogP contribution is -2.31. The van der Waals surface area contributed by atoms with Crippen molar-refractivity contribution in [3.63, 3.8) is 0 Å². The van der Waals surface area contributed by atoms with Crippen LogP contribution in [0.2, 0.25) is 0 Å². The van der Waals surface area contributed by atoms with Gasteiger partial charge in [-0.25, -0.2) is 4.39 Å². The summed E-state index contributed by atoms with van der Waals surface area (Å²) in [7, 11) is 3.21. The number of nitrogens with zero attached hydrogens (tertiary/aromatic N) is 1. The molecule has 0 bridgehead atoms. The fraction of sp³-hybridized carbons (Fsp3) is 0.375. The van der Waals surface area contributed by atoms with Crippen LogP contribution in [0.1, 0.15) is 24.0 Å². The maximum atomic E-state index is 13.9. The number of para-hydroxylation sites is 1. The van der Waals surface area contributed by atoms with Gasteiger partial charge in [0.25, 0.3) is 5.56 Å². The maximum absolute atomic E-state index is 13.9. The van der Waals surface area contributed by atoms with E-state index in [0.29, 0.717) is 48.8 Å². The summed E-state index contributed by atoms with van der Waals surface area (Å²) in [5.41, 5.74) is 2.03. The Kier molecular flexibility index (Phi) is 6.53. The Labute approximate surface area is 180 Å².